The zero-order valence-electron chi connectivity index (χ0n) is 13.3. The number of amides is 1. The van der Waals surface area contributed by atoms with Gasteiger partial charge in [-0.05, 0) is 49.5 Å². The van der Waals surface area contributed by atoms with Crippen LogP contribution >= 0.6 is 0 Å². The molecule has 0 aliphatic carbocycles. The van der Waals surface area contributed by atoms with Crippen molar-refractivity contribution >= 4 is 5.91 Å². The van der Waals surface area contributed by atoms with Gasteiger partial charge < -0.3 is 9.64 Å². The zero-order valence-corrected chi connectivity index (χ0v) is 13.3. The van der Waals surface area contributed by atoms with Crippen LogP contribution in [0.15, 0.2) is 24.3 Å². The van der Waals surface area contributed by atoms with Crippen molar-refractivity contribution in [1.29, 1.82) is 0 Å². The molecule has 0 unspecified atom stereocenters. The van der Waals surface area contributed by atoms with Gasteiger partial charge in [-0.25, -0.2) is 0 Å². The molecule has 21 heavy (non-hydrogen) atoms. The van der Waals surface area contributed by atoms with E-state index in [0.717, 1.165) is 30.3 Å². The molecule has 1 saturated heterocycles. The van der Waals surface area contributed by atoms with Crippen molar-refractivity contribution in [2.75, 3.05) is 33.8 Å². The lowest BCUT2D eigenvalue weighted by Crippen LogP contribution is -2.41. The second-order valence-electron chi connectivity index (χ2n) is 6.06. The van der Waals surface area contributed by atoms with Gasteiger partial charge >= 0.3 is 0 Å². The van der Waals surface area contributed by atoms with Crippen LogP contribution in [-0.2, 0) is 11.3 Å². The Kier molecular flexibility index (Phi) is 5.62. The van der Waals surface area contributed by atoms with E-state index < -0.39 is 0 Å². The van der Waals surface area contributed by atoms with Gasteiger partial charge in [0.2, 0.25) is 5.91 Å². The van der Waals surface area contributed by atoms with Crippen LogP contribution in [0.3, 0.4) is 0 Å². The van der Waals surface area contributed by atoms with Crippen molar-refractivity contribution in [2.45, 2.75) is 26.3 Å². The lowest BCUT2D eigenvalue weighted by molar-refractivity contribution is -0.132. The van der Waals surface area contributed by atoms with Crippen LogP contribution in [0.1, 0.15) is 25.3 Å². The fourth-order valence-corrected chi connectivity index (χ4v) is 2.67. The highest BCUT2D eigenvalue weighted by atomic mass is 16.5. The number of rotatable bonds is 5. The zero-order chi connectivity index (χ0) is 15.2. The number of hydrogen-bond acceptors (Lipinski definition) is 3. The molecule has 4 heteroatoms. The first-order valence-electron chi connectivity index (χ1n) is 7.67. The molecule has 0 saturated carbocycles. The third-order valence-electron chi connectivity index (χ3n) is 4.21. The van der Waals surface area contributed by atoms with Gasteiger partial charge in [-0.15, -0.1) is 0 Å². The number of benzene rings is 1. The van der Waals surface area contributed by atoms with Crippen molar-refractivity contribution in [3.63, 3.8) is 0 Å². The lowest BCUT2D eigenvalue weighted by Gasteiger charge is -2.31. The minimum Gasteiger partial charge on any atom is -0.497 e. The minimum atomic E-state index is 0.187. The van der Waals surface area contributed by atoms with Crippen LogP contribution in [0.25, 0.3) is 0 Å². The van der Waals surface area contributed by atoms with Gasteiger partial charge in [-0.3, -0.25) is 9.69 Å². The minimum absolute atomic E-state index is 0.187. The van der Waals surface area contributed by atoms with Crippen molar-refractivity contribution < 1.29 is 9.53 Å². The third kappa shape index (κ3) is 4.74. The summed E-state index contributed by atoms with van der Waals surface area (Å²) < 4.78 is 5.22. The fourth-order valence-electron chi connectivity index (χ4n) is 2.67. The Balaban J connectivity index is 1.84. The van der Waals surface area contributed by atoms with E-state index in [1.54, 1.807) is 12.0 Å². The number of likely N-dealkylation sites (N-methyl/N-ethyl adjacent to an activating group) is 1. The van der Waals surface area contributed by atoms with Gasteiger partial charge in [-0.2, -0.15) is 0 Å². The Bertz CT molecular complexity index is 468. The normalized spacial score (nSPS) is 16.7. The molecule has 0 spiro atoms. The van der Waals surface area contributed by atoms with Gasteiger partial charge in [0.15, 0.2) is 0 Å². The highest BCUT2D eigenvalue weighted by Gasteiger charge is 2.19. The Morgan fingerprint density at radius 2 is 2.10 bits per heavy atom. The molecule has 0 atom stereocenters. The molecule has 0 radical (unpaired) electrons. The molecule has 1 aliphatic heterocycles. The largest absolute Gasteiger partial charge is 0.497 e. The number of carbonyl (C=O) groups excluding carboxylic acids is 1. The van der Waals surface area contributed by atoms with Gasteiger partial charge in [-0.1, -0.05) is 19.1 Å². The SMILES string of the molecule is COc1cccc(CN(C)C(=O)CN2CCC(C)CC2)c1. The molecule has 2 rings (SSSR count). The van der Waals surface area contributed by atoms with Crippen LogP contribution in [0, 0.1) is 5.92 Å². The van der Waals surface area contributed by atoms with E-state index in [1.807, 2.05) is 31.3 Å². The smallest absolute Gasteiger partial charge is 0.236 e. The second kappa shape index (κ2) is 7.46. The Hall–Kier alpha value is -1.55. The quantitative estimate of drug-likeness (QED) is 0.835. The average molecular weight is 290 g/mol. The van der Waals surface area contributed by atoms with E-state index in [0.29, 0.717) is 13.1 Å². The highest BCUT2D eigenvalue weighted by Crippen LogP contribution is 2.17. The molecule has 1 aliphatic rings. The highest BCUT2D eigenvalue weighted by molar-refractivity contribution is 5.78. The molecule has 1 aromatic rings. The number of nitrogens with zero attached hydrogens (tertiary/aromatic N) is 2. The van der Waals surface area contributed by atoms with E-state index >= 15 is 0 Å². The maximum absolute atomic E-state index is 12.3. The van der Waals surface area contributed by atoms with Crippen LogP contribution in [0.2, 0.25) is 0 Å². The van der Waals surface area contributed by atoms with E-state index in [2.05, 4.69) is 11.8 Å². The Morgan fingerprint density at radius 3 is 2.76 bits per heavy atom. The van der Waals surface area contributed by atoms with Gasteiger partial charge in [0.1, 0.15) is 5.75 Å². The van der Waals surface area contributed by atoms with Gasteiger partial charge in [0, 0.05) is 13.6 Å². The molecule has 4 nitrogen and oxygen atoms in total. The molecule has 0 aromatic heterocycles. The van der Waals surface area contributed by atoms with Crippen molar-refractivity contribution in [1.82, 2.24) is 9.80 Å². The predicted octanol–water partition coefficient (Wildman–Crippen LogP) is 2.39. The van der Waals surface area contributed by atoms with E-state index in [9.17, 15) is 4.79 Å². The van der Waals surface area contributed by atoms with E-state index in [4.69, 9.17) is 4.74 Å². The van der Waals surface area contributed by atoms with Crippen molar-refractivity contribution in [2.24, 2.45) is 5.92 Å². The first-order valence-corrected chi connectivity index (χ1v) is 7.67. The van der Waals surface area contributed by atoms with E-state index in [-0.39, 0.29) is 5.91 Å². The molecule has 0 N–H and O–H groups in total. The predicted molar refractivity (Wildman–Crippen MR) is 84.3 cm³/mol. The van der Waals surface area contributed by atoms with Crippen molar-refractivity contribution in [3.8, 4) is 5.75 Å². The summed E-state index contributed by atoms with van der Waals surface area (Å²) in [5.41, 5.74) is 1.09. The number of ether oxygens (including phenoxy) is 1. The molecule has 1 aromatic carbocycles. The van der Waals surface area contributed by atoms with Crippen LogP contribution in [0.4, 0.5) is 0 Å². The van der Waals surface area contributed by atoms with E-state index in [1.165, 1.54) is 12.8 Å². The second-order valence-corrected chi connectivity index (χ2v) is 6.06. The molecule has 1 heterocycles. The monoisotopic (exact) mass is 290 g/mol. The van der Waals surface area contributed by atoms with Gasteiger partial charge in [0.05, 0.1) is 13.7 Å². The number of carbonyl (C=O) groups is 1. The molecule has 1 fully saturated rings. The number of hydrogen-bond donors (Lipinski definition) is 0. The van der Waals surface area contributed by atoms with Crippen molar-refractivity contribution in [3.05, 3.63) is 29.8 Å². The van der Waals surface area contributed by atoms with Crippen LogP contribution in [0.5, 0.6) is 5.75 Å². The molecule has 1 amide bonds. The maximum Gasteiger partial charge on any atom is 0.236 e. The first-order chi connectivity index (χ1) is 10.1. The average Bonchev–Trinajstić information content (AvgIpc) is 2.49. The third-order valence-corrected chi connectivity index (χ3v) is 4.21. The van der Waals surface area contributed by atoms with Gasteiger partial charge in [0.25, 0.3) is 0 Å². The lowest BCUT2D eigenvalue weighted by atomic mass is 9.99. The fraction of sp³-hybridized carbons (Fsp3) is 0.588. The summed E-state index contributed by atoms with van der Waals surface area (Å²) in [6.07, 6.45) is 2.40. The molecular formula is C17H26N2O2. The summed E-state index contributed by atoms with van der Waals surface area (Å²) in [5.74, 6) is 1.82. The Labute approximate surface area is 127 Å². The Morgan fingerprint density at radius 1 is 1.38 bits per heavy atom. The standard InChI is InChI=1S/C17H26N2O2/c1-14-7-9-19(10-8-14)13-17(20)18(2)12-15-5-4-6-16(11-15)21-3/h4-6,11,14H,7-10,12-13H2,1-3H3. The first kappa shape index (κ1) is 15.8. The summed E-state index contributed by atoms with van der Waals surface area (Å²) in [7, 11) is 3.53. The van der Waals surface area contributed by atoms with Crippen LogP contribution < -0.4 is 4.74 Å². The molecule has 116 valence electrons. The summed E-state index contributed by atoms with van der Waals surface area (Å²) in [6, 6.07) is 7.87. The number of likely N-dealkylation sites (tertiary alicyclic amines) is 1. The summed E-state index contributed by atoms with van der Waals surface area (Å²) in [4.78, 5) is 16.4. The number of piperidine rings is 1. The topological polar surface area (TPSA) is 32.8 Å². The summed E-state index contributed by atoms with van der Waals surface area (Å²) in [6.45, 7) is 5.53. The maximum atomic E-state index is 12.3. The number of methoxy groups -OCH3 is 1. The summed E-state index contributed by atoms with van der Waals surface area (Å²) >= 11 is 0. The van der Waals surface area contributed by atoms with Crippen LogP contribution in [-0.4, -0.2) is 49.5 Å². The summed E-state index contributed by atoms with van der Waals surface area (Å²) in [5, 5.41) is 0. The molecular weight excluding hydrogens is 264 g/mol. The molecule has 0 bridgehead atoms.